The molecule has 0 spiro atoms. The van der Waals surface area contributed by atoms with Gasteiger partial charge in [0.15, 0.2) is 0 Å². The zero-order valence-corrected chi connectivity index (χ0v) is 27.5. The topological polar surface area (TPSA) is 0 Å². The molecule has 0 aliphatic heterocycles. The molecule has 0 saturated carbocycles. The molecule has 0 radical (unpaired) electrons. The number of unbranched alkanes of at least 4 members (excludes halogenated alkanes) is 18. The number of benzene rings is 2. The van der Waals surface area contributed by atoms with Crippen LogP contribution < -0.4 is 0 Å². The van der Waals surface area contributed by atoms with Crippen molar-refractivity contribution in [3.8, 4) is 0 Å². The van der Waals surface area contributed by atoms with Gasteiger partial charge in [-0.05, 0) is 61.1 Å². The molecular formula is C38H56S2. The average molecular weight is 577 g/mol. The van der Waals surface area contributed by atoms with E-state index in [1.54, 1.807) is 0 Å². The van der Waals surface area contributed by atoms with Gasteiger partial charge in [0, 0.05) is 20.2 Å². The summed E-state index contributed by atoms with van der Waals surface area (Å²) in [5, 5.41) is 3.00. The molecule has 40 heavy (non-hydrogen) atoms. The van der Waals surface area contributed by atoms with Crippen LogP contribution in [0.4, 0.5) is 0 Å². The molecule has 0 bridgehead atoms. The predicted octanol–water partition coefficient (Wildman–Crippen LogP) is 14.2. The number of aryl methyl sites for hydroxylation is 2. The standard InChI is InChI=1S/C38H56S2/c1-3-5-7-9-11-13-15-17-19-21-23-31-25-27-35-33(29-31)37-38(39-35)34-30-32(26-28-36(34)40-37)24-22-20-18-16-14-12-10-8-6-4-2/h25-30H,3-24H2,1-2H3. The van der Waals surface area contributed by atoms with E-state index in [2.05, 4.69) is 50.2 Å². The molecule has 2 heterocycles. The number of fused-ring (bicyclic) bond motifs is 5. The van der Waals surface area contributed by atoms with Crippen molar-refractivity contribution in [3.63, 3.8) is 0 Å². The number of rotatable bonds is 22. The van der Waals surface area contributed by atoms with Crippen molar-refractivity contribution in [2.24, 2.45) is 0 Å². The molecule has 0 saturated heterocycles. The van der Waals surface area contributed by atoms with E-state index in [4.69, 9.17) is 0 Å². The number of hydrogen-bond donors (Lipinski definition) is 0. The van der Waals surface area contributed by atoms with Gasteiger partial charge in [0.25, 0.3) is 0 Å². The summed E-state index contributed by atoms with van der Waals surface area (Å²) in [4.78, 5) is 0. The van der Waals surface area contributed by atoms with Gasteiger partial charge in [0.1, 0.15) is 0 Å². The fraction of sp³-hybridized carbons (Fsp3) is 0.632. The Morgan fingerprint density at radius 3 is 1.07 bits per heavy atom. The number of thiophene rings is 2. The van der Waals surface area contributed by atoms with Gasteiger partial charge in [-0.1, -0.05) is 142 Å². The van der Waals surface area contributed by atoms with E-state index < -0.39 is 0 Å². The van der Waals surface area contributed by atoms with E-state index in [-0.39, 0.29) is 0 Å². The average Bonchev–Trinajstić information content (AvgIpc) is 3.51. The minimum absolute atomic E-state index is 1.23. The summed E-state index contributed by atoms with van der Waals surface area (Å²) in [7, 11) is 0. The van der Waals surface area contributed by atoms with Crippen molar-refractivity contribution in [1.29, 1.82) is 0 Å². The van der Waals surface area contributed by atoms with E-state index in [1.807, 2.05) is 22.7 Å². The van der Waals surface area contributed by atoms with Crippen LogP contribution in [0.3, 0.4) is 0 Å². The van der Waals surface area contributed by atoms with E-state index in [0.717, 1.165) is 0 Å². The van der Waals surface area contributed by atoms with Crippen LogP contribution in [0.1, 0.15) is 153 Å². The Balaban J connectivity index is 1.22. The highest BCUT2D eigenvalue weighted by molar-refractivity contribution is 7.36. The van der Waals surface area contributed by atoms with E-state index >= 15 is 0 Å². The first kappa shape index (κ1) is 31.6. The quantitative estimate of drug-likeness (QED) is 0.0816. The van der Waals surface area contributed by atoms with Gasteiger partial charge >= 0.3 is 0 Å². The molecule has 220 valence electrons. The van der Waals surface area contributed by atoms with Crippen molar-refractivity contribution in [2.45, 2.75) is 155 Å². The van der Waals surface area contributed by atoms with Crippen molar-refractivity contribution >= 4 is 52.2 Å². The molecule has 0 atom stereocenters. The van der Waals surface area contributed by atoms with E-state index in [0.29, 0.717) is 0 Å². The second kappa shape index (κ2) is 18.2. The smallest absolute Gasteiger partial charge is 0.0542 e. The Kier molecular flexibility index (Phi) is 14.4. The predicted molar refractivity (Wildman–Crippen MR) is 186 cm³/mol. The van der Waals surface area contributed by atoms with Gasteiger partial charge in [-0.2, -0.15) is 0 Å². The minimum Gasteiger partial charge on any atom is -0.134 e. The monoisotopic (exact) mass is 576 g/mol. The Hall–Kier alpha value is -1.38. The van der Waals surface area contributed by atoms with E-state index in [9.17, 15) is 0 Å². The highest BCUT2D eigenvalue weighted by Gasteiger charge is 2.13. The first-order valence-corrected chi connectivity index (χ1v) is 18.8. The third-order valence-corrected chi connectivity index (χ3v) is 11.4. The first-order chi connectivity index (χ1) is 19.8. The first-order valence-electron chi connectivity index (χ1n) is 17.2. The van der Waals surface area contributed by atoms with E-state index in [1.165, 1.54) is 182 Å². The van der Waals surface area contributed by atoms with Crippen LogP contribution in [0.15, 0.2) is 36.4 Å². The molecule has 4 aromatic rings. The summed E-state index contributed by atoms with van der Waals surface area (Å²) in [6.45, 7) is 4.60. The summed E-state index contributed by atoms with van der Waals surface area (Å²) >= 11 is 4.03. The molecule has 0 unspecified atom stereocenters. The zero-order chi connectivity index (χ0) is 27.8. The zero-order valence-electron chi connectivity index (χ0n) is 25.8. The molecule has 0 fully saturated rings. The lowest BCUT2D eigenvalue weighted by molar-refractivity contribution is 0.556. The molecule has 0 aliphatic carbocycles. The molecular weight excluding hydrogens is 521 g/mol. The summed E-state index contributed by atoms with van der Waals surface area (Å²) in [6, 6.07) is 14.6. The molecule has 0 N–H and O–H groups in total. The van der Waals surface area contributed by atoms with Crippen LogP contribution in [-0.4, -0.2) is 0 Å². The molecule has 2 aromatic heterocycles. The Morgan fingerprint density at radius 1 is 0.400 bits per heavy atom. The van der Waals surface area contributed by atoms with Crippen molar-refractivity contribution in [1.82, 2.24) is 0 Å². The summed E-state index contributed by atoms with van der Waals surface area (Å²) in [6.07, 6.45) is 30.7. The summed E-state index contributed by atoms with van der Waals surface area (Å²) in [5.74, 6) is 0. The maximum atomic E-state index is 2.52. The normalized spacial score (nSPS) is 11.9. The third kappa shape index (κ3) is 9.87. The third-order valence-electron chi connectivity index (χ3n) is 8.85. The molecule has 2 heteroatoms. The SMILES string of the molecule is CCCCCCCCCCCCc1ccc2sc3c4cc(CCCCCCCCCCCC)ccc4sc3c2c1. The maximum Gasteiger partial charge on any atom is 0.0542 e. The Bertz CT molecular complexity index is 1150. The van der Waals surface area contributed by atoms with Gasteiger partial charge < -0.3 is 0 Å². The molecule has 2 aromatic carbocycles. The fourth-order valence-corrected chi connectivity index (χ4v) is 8.89. The molecule has 0 nitrogen and oxygen atoms in total. The highest BCUT2D eigenvalue weighted by Crippen LogP contribution is 2.44. The van der Waals surface area contributed by atoms with Crippen LogP contribution >= 0.6 is 22.7 Å². The van der Waals surface area contributed by atoms with Crippen LogP contribution in [-0.2, 0) is 12.8 Å². The lowest BCUT2D eigenvalue weighted by atomic mass is 10.0. The second-order valence-electron chi connectivity index (χ2n) is 12.4. The van der Waals surface area contributed by atoms with Crippen molar-refractivity contribution in [2.75, 3.05) is 0 Å². The largest absolute Gasteiger partial charge is 0.134 e. The van der Waals surface area contributed by atoms with Crippen LogP contribution in [0.25, 0.3) is 29.6 Å². The lowest BCUT2D eigenvalue weighted by Crippen LogP contribution is -1.86. The molecule has 0 amide bonds. The van der Waals surface area contributed by atoms with Crippen LogP contribution in [0, 0.1) is 0 Å². The minimum atomic E-state index is 1.23. The molecule has 0 aliphatic rings. The maximum absolute atomic E-state index is 2.52. The Morgan fingerprint density at radius 2 is 0.725 bits per heavy atom. The second-order valence-corrected chi connectivity index (χ2v) is 14.5. The van der Waals surface area contributed by atoms with Gasteiger partial charge in [-0.25, -0.2) is 0 Å². The van der Waals surface area contributed by atoms with Crippen molar-refractivity contribution in [3.05, 3.63) is 47.5 Å². The summed E-state index contributed by atoms with van der Waals surface area (Å²) < 4.78 is 5.98. The molecule has 4 rings (SSSR count). The van der Waals surface area contributed by atoms with Crippen molar-refractivity contribution < 1.29 is 0 Å². The Labute approximate surface area is 254 Å². The van der Waals surface area contributed by atoms with Crippen LogP contribution in [0.2, 0.25) is 0 Å². The highest BCUT2D eigenvalue weighted by atomic mass is 32.1. The van der Waals surface area contributed by atoms with Gasteiger partial charge in [-0.15, -0.1) is 22.7 Å². The van der Waals surface area contributed by atoms with Gasteiger partial charge in [0.2, 0.25) is 0 Å². The van der Waals surface area contributed by atoms with Crippen LogP contribution in [0.5, 0.6) is 0 Å². The van der Waals surface area contributed by atoms with Gasteiger partial charge in [0.05, 0.1) is 9.40 Å². The fourth-order valence-electron chi connectivity index (χ4n) is 6.30. The number of hydrogen-bond acceptors (Lipinski definition) is 2. The van der Waals surface area contributed by atoms with Gasteiger partial charge in [-0.3, -0.25) is 0 Å². The summed E-state index contributed by atoms with van der Waals surface area (Å²) in [5.41, 5.74) is 3.07. The lowest BCUT2D eigenvalue weighted by Gasteiger charge is -2.04.